The summed E-state index contributed by atoms with van der Waals surface area (Å²) in [5, 5.41) is 11.8. The minimum atomic E-state index is 0.659. The monoisotopic (exact) mass is 324 g/mol. The van der Waals surface area contributed by atoms with Crippen LogP contribution < -0.4 is 4.90 Å². The van der Waals surface area contributed by atoms with Crippen molar-refractivity contribution in [1.82, 2.24) is 0 Å². The average molecular weight is 324 g/mol. The van der Waals surface area contributed by atoms with Crippen molar-refractivity contribution in [2.75, 3.05) is 19.0 Å². The quantitative estimate of drug-likeness (QED) is 0.466. The molecule has 0 radical (unpaired) electrons. The number of rotatable bonds is 4. The Morgan fingerprint density at radius 2 is 1.64 bits per heavy atom. The molecule has 0 spiro atoms. The molecule has 0 aliphatic carbocycles. The normalized spacial score (nSPS) is 11.6. The maximum Gasteiger partial charge on any atom is 0.0997 e. The Hall–Kier alpha value is -3.31. The molecule has 0 aliphatic rings. The van der Waals surface area contributed by atoms with E-state index in [2.05, 4.69) is 59.5 Å². The molecule has 0 heterocycles. The lowest BCUT2D eigenvalue weighted by atomic mass is 10.0. The lowest BCUT2D eigenvalue weighted by Gasteiger charge is -2.11. The van der Waals surface area contributed by atoms with Gasteiger partial charge in [-0.2, -0.15) is 5.26 Å². The summed E-state index contributed by atoms with van der Waals surface area (Å²) in [5.74, 6) is 0. The van der Waals surface area contributed by atoms with Gasteiger partial charge in [-0.05, 0) is 46.2 Å². The van der Waals surface area contributed by atoms with Crippen LogP contribution in [0.1, 0.15) is 11.1 Å². The fourth-order valence-corrected chi connectivity index (χ4v) is 2.69. The minimum Gasteiger partial charge on any atom is -0.378 e. The molecule has 0 amide bonds. The van der Waals surface area contributed by atoms with Gasteiger partial charge in [0.2, 0.25) is 0 Å². The van der Waals surface area contributed by atoms with Crippen molar-refractivity contribution in [2.45, 2.75) is 0 Å². The van der Waals surface area contributed by atoms with E-state index < -0.39 is 0 Å². The number of anilines is 1. The standard InChI is InChI=1S/C23H20N2/c1-25(2)23-14-10-18(11-15-23)6-5-9-22(17-24)21-13-12-19-7-3-4-8-20(19)16-21/h3-16H,1-2H3/b6-5+,22-9-. The molecule has 2 heteroatoms. The maximum atomic E-state index is 9.49. The summed E-state index contributed by atoms with van der Waals surface area (Å²) in [5.41, 5.74) is 3.87. The van der Waals surface area contributed by atoms with Crippen molar-refractivity contribution in [1.29, 1.82) is 5.26 Å². The van der Waals surface area contributed by atoms with Gasteiger partial charge in [-0.25, -0.2) is 0 Å². The third kappa shape index (κ3) is 3.97. The Labute approximate surface area is 148 Å². The van der Waals surface area contributed by atoms with E-state index >= 15 is 0 Å². The van der Waals surface area contributed by atoms with Gasteiger partial charge < -0.3 is 4.90 Å². The van der Waals surface area contributed by atoms with Crippen molar-refractivity contribution in [2.24, 2.45) is 0 Å². The van der Waals surface area contributed by atoms with Crippen LogP contribution in [0.4, 0.5) is 5.69 Å². The summed E-state index contributed by atoms with van der Waals surface area (Å²) in [4.78, 5) is 2.07. The van der Waals surface area contributed by atoms with Crippen LogP contribution in [0.2, 0.25) is 0 Å². The highest BCUT2D eigenvalue weighted by molar-refractivity contribution is 5.89. The summed E-state index contributed by atoms with van der Waals surface area (Å²) in [6.07, 6.45) is 5.81. The van der Waals surface area contributed by atoms with Crippen LogP contribution in [-0.2, 0) is 0 Å². The van der Waals surface area contributed by atoms with Crippen LogP contribution in [0.5, 0.6) is 0 Å². The second-order valence-electron chi connectivity index (χ2n) is 6.10. The van der Waals surface area contributed by atoms with Crippen molar-refractivity contribution in [3.05, 3.63) is 90.0 Å². The molecule has 0 unspecified atom stereocenters. The highest BCUT2D eigenvalue weighted by Gasteiger charge is 2.01. The molecule has 0 aliphatic heterocycles. The van der Waals surface area contributed by atoms with E-state index in [1.807, 2.05) is 50.5 Å². The summed E-state index contributed by atoms with van der Waals surface area (Å²) >= 11 is 0. The Kier molecular flexibility index (Phi) is 4.97. The number of nitriles is 1. The van der Waals surface area contributed by atoms with E-state index in [9.17, 15) is 5.26 Å². The van der Waals surface area contributed by atoms with E-state index in [-0.39, 0.29) is 0 Å². The van der Waals surface area contributed by atoms with Crippen molar-refractivity contribution < 1.29 is 0 Å². The molecular weight excluding hydrogens is 304 g/mol. The number of hydrogen-bond donors (Lipinski definition) is 0. The third-order valence-electron chi connectivity index (χ3n) is 4.14. The molecule has 122 valence electrons. The van der Waals surface area contributed by atoms with E-state index in [1.165, 1.54) is 11.1 Å². The number of benzene rings is 3. The van der Waals surface area contributed by atoms with Crippen molar-refractivity contribution in [3.63, 3.8) is 0 Å². The predicted molar refractivity (Wildman–Crippen MR) is 107 cm³/mol. The van der Waals surface area contributed by atoms with E-state index in [1.54, 1.807) is 0 Å². The van der Waals surface area contributed by atoms with Gasteiger partial charge in [0.25, 0.3) is 0 Å². The van der Waals surface area contributed by atoms with Crippen molar-refractivity contribution >= 4 is 28.1 Å². The maximum absolute atomic E-state index is 9.49. The van der Waals surface area contributed by atoms with Crippen molar-refractivity contribution in [3.8, 4) is 6.07 Å². The highest BCUT2D eigenvalue weighted by atomic mass is 15.1. The molecule has 0 saturated carbocycles. The van der Waals surface area contributed by atoms with Crippen LogP contribution in [0, 0.1) is 11.3 Å². The lowest BCUT2D eigenvalue weighted by Crippen LogP contribution is -2.07. The van der Waals surface area contributed by atoms with Gasteiger partial charge in [0, 0.05) is 19.8 Å². The summed E-state index contributed by atoms with van der Waals surface area (Å²) in [7, 11) is 4.05. The van der Waals surface area contributed by atoms with Gasteiger partial charge in [0.05, 0.1) is 11.6 Å². The zero-order chi connectivity index (χ0) is 17.6. The predicted octanol–water partition coefficient (Wildman–Crippen LogP) is 5.53. The Balaban J connectivity index is 1.83. The molecule has 2 nitrogen and oxygen atoms in total. The largest absolute Gasteiger partial charge is 0.378 e. The molecular formula is C23H20N2. The second kappa shape index (κ2) is 7.51. The highest BCUT2D eigenvalue weighted by Crippen LogP contribution is 2.21. The topological polar surface area (TPSA) is 27.0 Å². The number of fused-ring (bicyclic) bond motifs is 1. The van der Waals surface area contributed by atoms with Crippen LogP contribution in [-0.4, -0.2) is 14.1 Å². The summed E-state index contributed by atoms with van der Waals surface area (Å²) in [6, 6.07) is 24.9. The van der Waals surface area contributed by atoms with Gasteiger partial charge in [0.15, 0.2) is 0 Å². The third-order valence-corrected chi connectivity index (χ3v) is 4.14. The van der Waals surface area contributed by atoms with Crippen LogP contribution >= 0.6 is 0 Å². The first kappa shape index (κ1) is 16.5. The zero-order valence-electron chi connectivity index (χ0n) is 14.5. The summed E-state index contributed by atoms with van der Waals surface area (Å²) in [6.45, 7) is 0. The number of nitrogens with zero attached hydrogens (tertiary/aromatic N) is 2. The first-order valence-corrected chi connectivity index (χ1v) is 8.22. The minimum absolute atomic E-state index is 0.659. The fraction of sp³-hybridized carbons (Fsp3) is 0.0870. The Morgan fingerprint density at radius 3 is 2.32 bits per heavy atom. The molecule has 0 atom stereocenters. The SMILES string of the molecule is CN(C)c1ccc(/C=C/C=C(/C#N)c2ccc3ccccc3c2)cc1. The Bertz CT molecular complexity index is 971. The molecule has 0 N–H and O–H groups in total. The molecule has 0 aromatic heterocycles. The van der Waals surface area contributed by atoms with Crippen LogP contribution in [0.3, 0.4) is 0 Å². The fourth-order valence-electron chi connectivity index (χ4n) is 2.69. The number of allylic oxidation sites excluding steroid dienone is 3. The average Bonchev–Trinajstić information content (AvgIpc) is 2.65. The molecule has 0 fully saturated rings. The Morgan fingerprint density at radius 1 is 0.920 bits per heavy atom. The molecule has 3 aromatic rings. The molecule has 3 rings (SSSR count). The lowest BCUT2D eigenvalue weighted by molar-refractivity contribution is 1.13. The van der Waals surface area contributed by atoms with Gasteiger partial charge in [-0.15, -0.1) is 0 Å². The zero-order valence-corrected chi connectivity index (χ0v) is 14.5. The van der Waals surface area contributed by atoms with E-state index in [0.29, 0.717) is 5.57 Å². The van der Waals surface area contributed by atoms with E-state index in [0.717, 1.165) is 16.5 Å². The molecule has 0 saturated heterocycles. The number of hydrogen-bond acceptors (Lipinski definition) is 2. The van der Waals surface area contributed by atoms with E-state index in [4.69, 9.17) is 0 Å². The van der Waals surface area contributed by atoms with Crippen LogP contribution in [0.15, 0.2) is 78.9 Å². The van der Waals surface area contributed by atoms with Crippen LogP contribution in [0.25, 0.3) is 22.4 Å². The molecule has 0 bridgehead atoms. The second-order valence-corrected chi connectivity index (χ2v) is 6.10. The van der Waals surface area contributed by atoms with Gasteiger partial charge in [0.1, 0.15) is 0 Å². The molecule has 25 heavy (non-hydrogen) atoms. The first-order valence-electron chi connectivity index (χ1n) is 8.22. The van der Waals surface area contributed by atoms with Gasteiger partial charge in [-0.1, -0.05) is 60.7 Å². The van der Waals surface area contributed by atoms with Gasteiger partial charge in [-0.3, -0.25) is 0 Å². The van der Waals surface area contributed by atoms with Gasteiger partial charge >= 0.3 is 0 Å². The molecule has 3 aromatic carbocycles. The first-order chi connectivity index (χ1) is 12.2. The smallest absolute Gasteiger partial charge is 0.0997 e. The summed E-state index contributed by atoms with van der Waals surface area (Å²) < 4.78 is 0.